The maximum absolute atomic E-state index is 11.9. The first-order chi connectivity index (χ1) is 8.06. The number of nitrogens with one attached hydrogen (secondary N) is 1. The molecule has 17 heavy (non-hydrogen) atoms. The number of fused-ring (bicyclic) bond motifs is 1. The number of aryl methyl sites for hydroxylation is 1. The van der Waals surface area contributed by atoms with Crippen molar-refractivity contribution in [1.29, 1.82) is 0 Å². The van der Waals surface area contributed by atoms with Crippen LogP contribution in [0.4, 0.5) is 0 Å². The van der Waals surface area contributed by atoms with Gasteiger partial charge in [0.2, 0.25) is 9.84 Å². The molecule has 1 aliphatic rings. The minimum Gasteiger partial charge on any atom is -0.320 e. The summed E-state index contributed by atoms with van der Waals surface area (Å²) >= 11 is 0. The average molecular weight is 251 g/mol. The summed E-state index contributed by atoms with van der Waals surface area (Å²) in [4.78, 5) is 0.469. The van der Waals surface area contributed by atoms with E-state index in [-0.39, 0.29) is 0 Å². The molecule has 0 radical (unpaired) electrons. The van der Waals surface area contributed by atoms with Crippen LogP contribution < -0.4 is 5.32 Å². The van der Waals surface area contributed by atoms with Gasteiger partial charge in [-0.2, -0.15) is 0 Å². The van der Waals surface area contributed by atoms with Gasteiger partial charge in [0.25, 0.3) is 0 Å². The van der Waals surface area contributed by atoms with Crippen molar-refractivity contribution in [2.45, 2.75) is 24.7 Å². The Morgan fingerprint density at radius 1 is 1.29 bits per heavy atom. The molecule has 2 rings (SSSR count). The van der Waals surface area contributed by atoms with Crippen molar-refractivity contribution in [2.75, 3.05) is 13.6 Å². The summed E-state index contributed by atoms with van der Waals surface area (Å²) in [6, 6.07) is 5.55. The van der Waals surface area contributed by atoms with E-state index >= 15 is 0 Å². The van der Waals surface area contributed by atoms with E-state index in [0.717, 1.165) is 36.1 Å². The molecule has 1 N–H and O–H groups in total. The lowest BCUT2D eigenvalue weighted by molar-refractivity contribution is 0.605. The van der Waals surface area contributed by atoms with Crippen molar-refractivity contribution in [1.82, 2.24) is 5.32 Å². The number of benzene rings is 1. The van der Waals surface area contributed by atoms with Crippen LogP contribution in [-0.4, -0.2) is 22.0 Å². The average Bonchev–Trinajstić information content (AvgIpc) is 2.51. The molecule has 3 nitrogen and oxygen atoms in total. The molecule has 1 aliphatic heterocycles. The molecule has 0 saturated carbocycles. The highest BCUT2D eigenvalue weighted by molar-refractivity contribution is 7.95. The fourth-order valence-corrected chi connectivity index (χ4v) is 3.84. The third-order valence-corrected chi connectivity index (χ3v) is 4.64. The predicted octanol–water partition coefficient (Wildman–Crippen LogP) is 1.99. The zero-order valence-electron chi connectivity index (χ0n) is 10.2. The summed E-state index contributed by atoms with van der Waals surface area (Å²) in [7, 11) is -1.26. The largest absolute Gasteiger partial charge is 0.320 e. The summed E-state index contributed by atoms with van der Waals surface area (Å²) in [5, 5.41) is 4.47. The number of sulfone groups is 1. The fourth-order valence-electron chi connectivity index (χ4n) is 2.28. The monoisotopic (exact) mass is 251 g/mol. The van der Waals surface area contributed by atoms with Crippen LogP contribution in [0, 0.1) is 0 Å². The predicted molar refractivity (Wildman–Crippen MR) is 69.5 cm³/mol. The molecule has 0 aromatic heterocycles. The second-order valence-electron chi connectivity index (χ2n) is 4.34. The van der Waals surface area contributed by atoms with Crippen LogP contribution in [0.5, 0.6) is 0 Å². The van der Waals surface area contributed by atoms with Crippen LogP contribution in [0.2, 0.25) is 0 Å². The molecular weight excluding hydrogens is 234 g/mol. The van der Waals surface area contributed by atoms with E-state index in [2.05, 4.69) is 5.32 Å². The highest BCUT2D eigenvalue weighted by atomic mass is 32.2. The number of allylic oxidation sites excluding steroid dienone is 1. The second-order valence-corrected chi connectivity index (χ2v) is 6.11. The van der Waals surface area contributed by atoms with Gasteiger partial charge in [-0.1, -0.05) is 12.1 Å². The Kier molecular flexibility index (Phi) is 3.35. The van der Waals surface area contributed by atoms with E-state index in [1.54, 1.807) is 6.07 Å². The molecule has 0 saturated heterocycles. The number of hydrogen-bond donors (Lipinski definition) is 1. The van der Waals surface area contributed by atoms with E-state index < -0.39 is 9.84 Å². The van der Waals surface area contributed by atoms with Gasteiger partial charge in [0.15, 0.2) is 0 Å². The molecule has 0 atom stereocenters. The fraction of sp³-hybridized carbons (Fsp3) is 0.385. The van der Waals surface area contributed by atoms with Gasteiger partial charge in [0.05, 0.1) is 4.90 Å². The van der Waals surface area contributed by atoms with E-state index in [9.17, 15) is 8.42 Å². The van der Waals surface area contributed by atoms with E-state index in [1.165, 1.54) is 5.41 Å². The topological polar surface area (TPSA) is 46.2 Å². The quantitative estimate of drug-likeness (QED) is 0.832. The lowest BCUT2D eigenvalue weighted by Crippen LogP contribution is -2.09. The van der Waals surface area contributed by atoms with Crippen molar-refractivity contribution in [2.24, 2.45) is 0 Å². The number of hydrogen-bond acceptors (Lipinski definition) is 3. The van der Waals surface area contributed by atoms with Crippen molar-refractivity contribution >= 4 is 15.4 Å². The molecule has 4 heteroatoms. The highest BCUT2D eigenvalue weighted by Gasteiger charge is 2.26. The van der Waals surface area contributed by atoms with Crippen LogP contribution in [0.3, 0.4) is 0 Å². The Morgan fingerprint density at radius 2 is 2.06 bits per heavy atom. The summed E-state index contributed by atoms with van der Waals surface area (Å²) in [5.41, 5.74) is 2.91. The van der Waals surface area contributed by atoms with Gasteiger partial charge < -0.3 is 5.32 Å². The molecule has 0 amide bonds. The normalized spacial score (nSPS) is 16.7. The third kappa shape index (κ3) is 2.28. The first-order valence-corrected chi connectivity index (χ1v) is 7.31. The van der Waals surface area contributed by atoms with Crippen molar-refractivity contribution < 1.29 is 8.42 Å². The molecule has 0 bridgehead atoms. The van der Waals surface area contributed by atoms with Gasteiger partial charge in [0.1, 0.15) is 0 Å². The zero-order chi connectivity index (χ0) is 12.5. The van der Waals surface area contributed by atoms with Crippen LogP contribution in [0.25, 0.3) is 5.57 Å². The lowest BCUT2D eigenvalue weighted by atomic mass is 9.98. The molecule has 92 valence electrons. The summed E-state index contributed by atoms with van der Waals surface area (Å²) in [6.07, 6.45) is 1.92. The molecule has 0 fully saturated rings. The highest BCUT2D eigenvalue weighted by Crippen LogP contribution is 2.35. The lowest BCUT2D eigenvalue weighted by Gasteiger charge is -2.08. The van der Waals surface area contributed by atoms with Crippen LogP contribution in [-0.2, 0) is 16.3 Å². The first-order valence-electron chi connectivity index (χ1n) is 5.76. The minimum atomic E-state index is -3.19. The summed E-state index contributed by atoms with van der Waals surface area (Å²) in [5.74, 6) is 0. The molecule has 1 aromatic carbocycles. The van der Waals surface area contributed by atoms with Crippen molar-refractivity contribution in [3.05, 3.63) is 34.7 Å². The van der Waals surface area contributed by atoms with Crippen LogP contribution in [0.1, 0.15) is 24.5 Å². The van der Waals surface area contributed by atoms with Gasteiger partial charge in [-0.3, -0.25) is 0 Å². The molecular formula is C13H17NO2S. The van der Waals surface area contributed by atoms with E-state index in [0.29, 0.717) is 4.90 Å². The van der Waals surface area contributed by atoms with Crippen molar-refractivity contribution in [3.63, 3.8) is 0 Å². The van der Waals surface area contributed by atoms with E-state index in [4.69, 9.17) is 0 Å². The molecule has 0 unspecified atom stereocenters. The Bertz CT molecular complexity index is 559. The second kappa shape index (κ2) is 4.63. The molecule has 1 aromatic rings. The SMILES string of the molecule is CNCCCc1cccc2c1C(C)=CS2(=O)=O. The van der Waals surface area contributed by atoms with Crippen molar-refractivity contribution in [3.8, 4) is 0 Å². The molecule has 1 heterocycles. The van der Waals surface area contributed by atoms with Gasteiger partial charge in [0, 0.05) is 11.0 Å². The van der Waals surface area contributed by atoms with Crippen LogP contribution >= 0.6 is 0 Å². The Balaban J connectivity index is 2.39. The Morgan fingerprint density at radius 3 is 2.76 bits per heavy atom. The van der Waals surface area contributed by atoms with Gasteiger partial charge >= 0.3 is 0 Å². The molecule has 0 spiro atoms. The maximum Gasteiger partial charge on any atom is 0.200 e. The maximum atomic E-state index is 11.9. The summed E-state index contributed by atoms with van der Waals surface area (Å²) < 4.78 is 23.7. The Labute approximate surface area is 102 Å². The zero-order valence-corrected chi connectivity index (χ0v) is 11.0. The van der Waals surface area contributed by atoms with Crippen LogP contribution in [0.15, 0.2) is 28.5 Å². The molecule has 0 aliphatic carbocycles. The van der Waals surface area contributed by atoms with Gasteiger partial charge in [-0.15, -0.1) is 0 Å². The Hall–Kier alpha value is -1.13. The first kappa shape index (κ1) is 12.3. The number of rotatable bonds is 4. The van der Waals surface area contributed by atoms with Gasteiger partial charge in [-0.25, -0.2) is 8.42 Å². The summed E-state index contributed by atoms with van der Waals surface area (Å²) in [6.45, 7) is 2.81. The standard InChI is InChI=1S/C13H17NO2S/c1-10-9-17(15,16)12-7-3-5-11(13(10)12)6-4-8-14-2/h3,5,7,9,14H,4,6,8H2,1-2H3. The third-order valence-electron chi connectivity index (χ3n) is 3.02. The minimum absolute atomic E-state index is 0.469. The van der Waals surface area contributed by atoms with Gasteiger partial charge in [-0.05, 0) is 50.6 Å². The van der Waals surface area contributed by atoms with E-state index in [1.807, 2.05) is 26.1 Å². The smallest absolute Gasteiger partial charge is 0.200 e.